The Morgan fingerprint density at radius 2 is 2.15 bits per heavy atom. The molecule has 1 rings (SSSR count). The van der Waals surface area contributed by atoms with E-state index in [1.807, 2.05) is 0 Å². The Morgan fingerprint density at radius 1 is 1.46 bits per heavy atom. The third-order valence-corrected chi connectivity index (χ3v) is 4.30. The van der Waals surface area contributed by atoms with Crippen LogP contribution in [0.15, 0.2) is 0 Å². The van der Waals surface area contributed by atoms with Crippen LogP contribution in [0.5, 0.6) is 0 Å². The molecule has 1 saturated heterocycles. The van der Waals surface area contributed by atoms with Crippen LogP contribution in [-0.2, 0) is 0 Å². The fourth-order valence-corrected chi connectivity index (χ4v) is 2.94. The average molecular weight is 203 g/mol. The average Bonchev–Trinajstić information content (AvgIpc) is 2.17. The zero-order valence-electron chi connectivity index (χ0n) is 8.86. The Balaban J connectivity index is 2.41. The number of nitrogens with zero attached hydrogens (tertiary/aromatic N) is 1. The molecule has 3 heteroatoms. The zero-order valence-corrected chi connectivity index (χ0v) is 9.68. The molecular weight excluding hydrogens is 182 g/mol. The first-order chi connectivity index (χ1) is 6.15. The van der Waals surface area contributed by atoms with Crippen molar-refractivity contribution in [1.29, 1.82) is 0 Å². The summed E-state index contributed by atoms with van der Waals surface area (Å²) in [5, 5.41) is 9.82. The molecule has 0 bridgehead atoms. The van der Waals surface area contributed by atoms with Crippen molar-refractivity contribution in [2.24, 2.45) is 5.92 Å². The third-order valence-electron chi connectivity index (χ3n) is 2.76. The van der Waals surface area contributed by atoms with Gasteiger partial charge in [0.15, 0.2) is 0 Å². The van der Waals surface area contributed by atoms with Gasteiger partial charge in [0.1, 0.15) is 0 Å². The maximum absolute atomic E-state index is 9.06. The summed E-state index contributed by atoms with van der Waals surface area (Å²) in [5.74, 6) is 1.96. The Morgan fingerprint density at radius 3 is 2.69 bits per heavy atom. The lowest BCUT2D eigenvalue weighted by Crippen LogP contribution is -2.46. The molecule has 78 valence electrons. The van der Waals surface area contributed by atoms with Crippen LogP contribution in [0.4, 0.5) is 0 Å². The molecule has 0 aliphatic carbocycles. The minimum Gasteiger partial charge on any atom is -0.395 e. The van der Waals surface area contributed by atoms with Crippen LogP contribution < -0.4 is 0 Å². The summed E-state index contributed by atoms with van der Waals surface area (Å²) in [6.45, 7) is 9.23. The van der Waals surface area contributed by atoms with Gasteiger partial charge >= 0.3 is 0 Å². The van der Waals surface area contributed by atoms with Crippen molar-refractivity contribution in [3.63, 3.8) is 0 Å². The molecule has 1 fully saturated rings. The molecule has 0 spiro atoms. The van der Waals surface area contributed by atoms with Crippen LogP contribution >= 0.6 is 11.8 Å². The van der Waals surface area contributed by atoms with Crippen LogP contribution in [0, 0.1) is 5.92 Å². The number of aliphatic hydroxyl groups is 1. The minimum atomic E-state index is 0.287. The number of hydrogen-bond donors (Lipinski definition) is 1. The second kappa shape index (κ2) is 5.23. The standard InChI is InChI=1S/C10H21NOS/c1-8(2)10-6-11(4-5-13-10)9(3)7-12/h8-10,12H,4-7H2,1-3H3. The topological polar surface area (TPSA) is 23.5 Å². The van der Waals surface area contributed by atoms with E-state index in [0.717, 1.165) is 24.3 Å². The van der Waals surface area contributed by atoms with E-state index < -0.39 is 0 Å². The Labute approximate surface area is 85.7 Å². The second-order valence-corrected chi connectivity index (χ2v) is 5.53. The van der Waals surface area contributed by atoms with Gasteiger partial charge in [-0.1, -0.05) is 13.8 Å². The van der Waals surface area contributed by atoms with E-state index in [1.165, 1.54) is 5.75 Å². The van der Waals surface area contributed by atoms with Gasteiger partial charge in [-0.3, -0.25) is 4.90 Å². The van der Waals surface area contributed by atoms with Crippen LogP contribution in [-0.4, -0.2) is 46.7 Å². The van der Waals surface area contributed by atoms with Crippen molar-refractivity contribution < 1.29 is 5.11 Å². The molecule has 0 aromatic carbocycles. The van der Waals surface area contributed by atoms with Gasteiger partial charge in [-0.2, -0.15) is 11.8 Å². The van der Waals surface area contributed by atoms with E-state index >= 15 is 0 Å². The first kappa shape index (κ1) is 11.3. The van der Waals surface area contributed by atoms with Crippen LogP contribution in [0.2, 0.25) is 0 Å². The maximum atomic E-state index is 9.06. The number of hydrogen-bond acceptors (Lipinski definition) is 3. The van der Waals surface area contributed by atoms with Gasteiger partial charge in [0, 0.05) is 30.1 Å². The normalized spacial score (nSPS) is 27.9. The summed E-state index contributed by atoms with van der Waals surface area (Å²) in [6, 6.07) is 0.335. The summed E-state index contributed by atoms with van der Waals surface area (Å²) in [5.41, 5.74) is 0. The van der Waals surface area contributed by atoms with E-state index in [1.54, 1.807) is 0 Å². The van der Waals surface area contributed by atoms with Gasteiger partial charge in [0.25, 0.3) is 0 Å². The number of aliphatic hydroxyl groups excluding tert-OH is 1. The van der Waals surface area contributed by atoms with E-state index in [4.69, 9.17) is 5.11 Å². The lowest BCUT2D eigenvalue weighted by atomic mass is 10.1. The van der Waals surface area contributed by atoms with Crippen LogP contribution in [0.25, 0.3) is 0 Å². The molecule has 0 aromatic rings. The van der Waals surface area contributed by atoms with E-state index in [2.05, 4.69) is 37.4 Å². The van der Waals surface area contributed by atoms with E-state index in [0.29, 0.717) is 6.04 Å². The molecule has 1 aliphatic heterocycles. The van der Waals surface area contributed by atoms with Crippen molar-refractivity contribution in [3.05, 3.63) is 0 Å². The van der Waals surface area contributed by atoms with Gasteiger partial charge in [0.2, 0.25) is 0 Å². The second-order valence-electron chi connectivity index (χ2n) is 4.18. The minimum absolute atomic E-state index is 0.287. The molecule has 2 nitrogen and oxygen atoms in total. The van der Waals surface area contributed by atoms with E-state index in [9.17, 15) is 0 Å². The monoisotopic (exact) mass is 203 g/mol. The molecule has 1 N–H and O–H groups in total. The summed E-state index contributed by atoms with van der Waals surface area (Å²) in [6.07, 6.45) is 0. The number of thioether (sulfide) groups is 1. The van der Waals surface area contributed by atoms with Crippen molar-refractivity contribution in [1.82, 2.24) is 4.90 Å². The lowest BCUT2D eigenvalue weighted by Gasteiger charge is -2.37. The summed E-state index contributed by atoms with van der Waals surface area (Å²) in [7, 11) is 0. The predicted octanol–water partition coefficient (Wildman–Crippen LogP) is 1.44. The molecule has 2 unspecified atom stereocenters. The number of rotatable bonds is 3. The van der Waals surface area contributed by atoms with Crippen molar-refractivity contribution >= 4 is 11.8 Å². The quantitative estimate of drug-likeness (QED) is 0.751. The van der Waals surface area contributed by atoms with Gasteiger partial charge in [-0.15, -0.1) is 0 Å². The molecule has 1 aliphatic rings. The highest BCUT2D eigenvalue weighted by Crippen LogP contribution is 2.25. The largest absolute Gasteiger partial charge is 0.395 e. The van der Waals surface area contributed by atoms with Crippen LogP contribution in [0.3, 0.4) is 0 Å². The van der Waals surface area contributed by atoms with Crippen LogP contribution in [0.1, 0.15) is 20.8 Å². The van der Waals surface area contributed by atoms with Crippen molar-refractivity contribution in [2.45, 2.75) is 32.1 Å². The Kier molecular flexibility index (Phi) is 4.56. The fourth-order valence-electron chi connectivity index (χ4n) is 1.62. The molecule has 2 atom stereocenters. The van der Waals surface area contributed by atoms with Gasteiger partial charge in [0.05, 0.1) is 6.61 Å². The molecular formula is C10H21NOS. The molecule has 0 aromatic heterocycles. The smallest absolute Gasteiger partial charge is 0.0584 e. The first-order valence-electron chi connectivity index (χ1n) is 5.11. The summed E-state index contributed by atoms with van der Waals surface area (Å²) in [4.78, 5) is 2.40. The molecule has 13 heavy (non-hydrogen) atoms. The fraction of sp³-hybridized carbons (Fsp3) is 1.00. The maximum Gasteiger partial charge on any atom is 0.0584 e. The van der Waals surface area contributed by atoms with Crippen molar-refractivity contribution in [2.75, 3.05) is 25.4 Å². The van der Waals surface area contributed by atoms with Gasteiger partial charge < -0.3 is 5.11 Å². The SMILES string of the molecule is CC(C)C1CN(C(C)CO)CCS1. The van der Waals surface area contributed by atoms with Gasteiger partial charge in [-0.25, -0.2) is 0 Å². The first-order valence-corrected chi connectivity index (χ1v) is 6.16. The van der Waals surface area contributed by atoms with Gasteiger partial charge in [-0.05, 0) is 12.8 Å². The predicted molar refractivity (Wildman–Crippen MR) is 59.2 cm³/mol. The van der Waals surface area contributed by atoms with E-state index in [-0.39, 0.29) is 6.61 Å². The summed E-state index contributed by atoms with van der Waals surface area (Å²) >= 11 is 2.08. The molecule has 0 saturated carbocycles. The summed E-state index contributed by atoms with van der Waals surface area (Å²) < 4.78 is 0. The molecule has 0 radical (unpaired) electrons. The molecule has 0 amide bonds. The highest BCUT2D eigenvalue weighted by atomic mass is 32.2. The Bertz CT molecular complexity index is 152. The highest BCUT2D eigenvalue weighted by molar-refractivity contribution is 8.00. The third kappa shape index (κ3) is 3.15. The van der Waals surface area contributed by atoms with Crippen molar-refractivity contribution in [3.8, 4) is 0 Å². The highest BCUT2D eigenvalue weighted by Gasteiger charge is 2.25. The lowest BCUT2D eigenvalue weighted by molar-refractivity contribution is 0.134. The zero-order chi connectivity index (χ0) is 9.84. The Hall–Kier alpha value is 0.270. The molecule has 1 heterocycles.